The molecule has 2 N–H and O–H groups in total. The van der Waals surface area contributed by atoms with Crippen molar-refractivity contribution in [2.45, 2.75) is 26.0 Å². The Morgan fingerprint density at radius 2 is 2.12 bits per heavy atom. The number of carbonyl (C=O) groups excluding carboxylic acids is 2. The summed E-state index contributed by atoms with van der Waals surface area (Å²) < 4.78 is 7.04. The lowest BCUT2D eigenvalue weighted by Crippen LogP contribution is -2.37. The maximum Gasteiger partial charge on any atom is 0.261 e. The monoisotopic (exact) mass is 450 g/mol. The third-order valence-electron chi connectivity index (χ3n) is 6.04. The van der Waals surface area contributed by atoms with Gasteiger partial charge < -0.3 is 25.0 Å². The minimum atomic E-state index is -0.472. The van der Waals surface area contributed by atoms with E-state index in [-0.39, 0.29) is 11.8 Å². The summed E-state index contributed by atoms with van der Waals surface area (Å²) in [6.07, 6.45) is 4.90. The van der Waals surface area contributed by atoms with Crippen molar-refractivity contribution >= 4 is 28.8 Å². The molecule has 1 fully saturated rings. The lowest BCUT2D eigenvalue weighted by atomic mass is 10.1. The number of rotatable bonds is 6. The highest BCUT2D eigenvalue weighted by Gasteiger charge is 2.30. The van der Waals surface area contributed by atoms with Crippen molar-refractivity contribution in [3.63, 3.8) is 0 Å². The number of benzene rings is 1. The zero-order valence-electron chi connectivity index (χ0n) is 18.4. The van der Waals surface area contributed by atoms with Gasteiger partial charge in [-0.1, -0.05) is 0 Å². The molecule has 0 bridgehead atoms. The summed E-state index contributed by atoms with van der Waals surface area (Å²) in [5.41, 5.74) is 3.78. The van der Waals surface area contributed by atoms with Gasteiger partial charge in [-0.2, -0.15) is 5.10 Å². The molecule has 0 radical (unpaired) electrons. The van der Waals surface area contributed by atoms with Gasteiger partial charge in [0, 0.05) is 44.1 Å². The number of fused-ring (bicyclic) bond motifs is 2. The quantitative estimate of drug-likeness (QED) is 0.586. The molecule has 0 spiro atoms. The van der Waals surface area contributed by atoms with Crippen molar-refractivity contribution in [2.24, 2.45) is 0 Å². The molecule has 4 heterocycles. The van der Waals surface area contributed by atoms with E-state index in [0.717, 1.165) is 11.3 Å². The number of amides is 2. The van der Waals surface area contributed by atoms with Crippen LogP contribution in [0.4, 0.5) is 11.4 Å². The van der Waals surface area contributed by atoms with Crippen LogP contribution in [0.5, 0.6) is 0 Å². The van der Waals surface area contributed by atoms with E-state index in [4.69, 9.17) is 4.74 Å². The third-order valence-corrected chi connectivity index (χ3v) is 6.04. The van der Waals surface area contributed by atoms with Crippen molar-refractivity contribution < 1.29 is 19.4 Å². The molecule has 0 saturated carbocycles. The minimum Gasteiger partial charge on any atom is -0.393 e. The van der Waals surface area contributed by atoms with E-state index in [1.54, 1.807) is 34.8 Å². The van der Waals surface area contributed by atoms with Crippen LogP contribution in [0.2, 0.25) is 0 Å². The van der Waals surface area contributed by atoms with Crippen LogP contribution in [-0.2, 0) is 11.3 Å². The lowest BCUT2D eigenvalue weighted by Gasteiger charge is -2.31. The summed E-state index contributed by atoms with van der Waals surface area (Å²) in [7, 11) is 0. The van der Waals surface area contributed by atoms with Gasteiger partial charge in [0.15, 0.2) is 5.65 Å². The zero-order valence-corrected chi connectivity index (χ0v) is 18.4. The first kappa shape index (κ1) is 21.4. The van der Waals surface area contributed by atoms with Gasteiger partial charge in [-0.3, -0.25) is 9.59 Å². The van der Waals surface area contributed by atoms with Crippen molar-refractivity contribution in [3.8, 4) is 0 Å². The fourth-order valence-corrected chi connectivity index (χ4v) is 4.28. The Kier molecular flexibility index (Phi) is 5.69. The van der Waals surface area contributed by atoms with Gasteiger partial charge in [-0.15, -0.1) is 0 Å². The fourth-order valence-electron chi connectivity index (χ4n) is 4.28. The van der Waals surface area contributed by atoms with E-state index in [1.807, 2.05) is 12.1 Å². The van der Waals surface area contributed by atoms with Crippen LogP contribution >= 0.6 is 0 Å². The molecule has 3 aromatic rings. The van der Waals surface area contributed by atoms with Crippen LogP contribution in [0, 0.1) is 0 Å². The SMILES string of the molecule is CC(O)CCN1Cc2cc(NC(=O)c3cnn4cccnc34)c(N3CCOCC3)cc2C1=O. The number of aliphatic hydroxyl groups excluding tert-OH is 1. The maximum atomic E-state index is 13.2. The molecule has 33 heavy (non-hydrogen) atoms. The maximum absolute atomic E-state index is 13.2. The summed E-state index contributed by atoms with van der Waals surface area (Å²) in [6.45, 7) is 5.14. The van der Waals surface area contributed by atoms with Crippen molar-refractivity contribution in [2.75, 3.05) is 43.1 Å². The minimum absolute atomic E-state index is 0.0511. The number of ether oxygens (including phenoxy) is 1. The number of hydrogen-bond acceptors (Lipinski definition) is 7. The van der Waals surface area contributed by atoms with Crippen molar-refractivity contribution in [3.05, 3.63) is 53.5 Å². The number of carbonyl (C=O) groups is 2. The van der Waals surface area contributed by atoms with Crippen LogP contribution in [-0.4, -0.2) is 75.4 Å². The molecule has 1 aromatic carbocycles. The van der Waals surface area contributed by atoms with Gasteiger partial charge in [0.05, 0.1) is 36.9 Å². The van der Waals surface area contributed by atoms with Gasteiger partial charge in [0.1, 0.15) is 5.56 Å². The van der Waals surface area contributed by atoms with Gasteiger partial charge in [-0.25, -0.2) is 9.50 Å². The zero-order chi connectivity index (χ0) is 22.9. The predicted molar refractivity (Wildman–Crippen MR) is 121 cm³/mol. The van der Waals surface area contributed by atoms with E-state index in [2.05, 4.69) is 20.3 Å². The first-order valence-electron chi connectivity index (χ1n) is 11.1. The Bertz CT molecular complexity index is 1200. The number of nitrogens with zero attached hydrogens (tertiary/aromatic N) is 5. The number of aromatic nitrogens is 3. The Morgan fingerprint density at radius 1 is 1.30 bits per heavy atom. The first-order chi connectivity index (χ1) is 16.0. The molecule has 172 valence electrons. The van der Waals surface area contributed by atoms with Gasteiger partial charge in [0.25, 0.3) is 11.8 Å². The highest BCUT2D eigenvalue weighted by molar-refractivity contribution is 6.10. The lowest BCUT2D eigenvalue weighted by molar-refractivity contribution is 0.0748. The molecule has 2 aromatic heterocycles. The highest BCUT2D eigenvalue weighted by atomic mass is 16.5. The summed E-state index contributed by atoms with van der Waals surface area (Å²) >= 11 is 0. The van der Waals surface area contributed by atoms with Crippen LogP contribution < -0.4 is 10.2 Å². The Hall–Kier alpha value is -3.50. The molecule has 5 rings (SSSR count). The number of morpholine rings is 1. The topological polar surface area (TPSA) is 112 Å². The Morgan fingerprint density at radius 3 is 2.91 bits per heavy atom. The molecule has 10 heteroatoms. The molecular weight excluding hydrogens is 424 g/mol. The fraction of sp³-hybridized carbons (Fsp3) is 0.391. The molecule has 1 unspecified atom stereocenters. The van der Waals surface area contributed by atoms with Gasteiger partial charge >= 0.3 is 0 Å². The second-order valence-corrected chi connectivity index (χ2v) is 8.39. The molecule has 0 aliphatic carbocycles. The summed E-state index contributed by atoms with van der Waals surface area (Å²) in [5.74, 6) is -0.363. The highest BCUT2D eigenvalue weighted by Crippen LogP contribution is 2.35. The van der Waals surface area contributed by atoms with Crippen LogP contribution in [0.25, 0.3) is 5.65 Å². The van der Waals surface area contributed by atoms with E-state index >= 15 is 0 Å². The molecule has 10 nitrogen and oxygen atoms in total. The normalized spacial score (nSPS) is 16.8. The largest absolute Gasteiger partial charge is 0.393 e. The Balaban J connectivity index is 1.48. The number of anilines is 2. The van der Waals surface area contributed by atoms with Crippen LogP contribution in [0.3, 0.4) is 0 Å². The third kappa shape index (κ3) is 4.14. The second-order valence-electron chi connectivity index (χ2n) is 8.39. The van der Waals surface area contributed by atoms with Crippen molar-refractivity contribution in [1.82, 2.24) is 19.5 Å². The van der Waals surface area contributed by atoms with Crippen LogP contribution in [0.1, 0.15) is 39.6 Å². The summed E-state index contributed by atoms with van der Waals surface area (Å²) in [5, 5.41) is 16.9. The standard InChI is InChI=1S/C23H26N6O4/c1-15(30)3-6-28-14-16-11-19(20(12-17(16)23(28)32)27-7-9-33-10-8-27)26-22(31)18-13-25-29-5-2-4-24-21(18)29/h2,4-5,11-13,15,30H,3,6-10,14H2,1H3,(H,26,31). The van der Waals surface area contributed by atoms with Crippen molar-refractivity contribution in [1.29, 1.82) is 0 Å². The van der Waals surface area contributed by atoms with E-state index in [0.29, 0.717) is 68.3 Å². The van der Waals surface area contributed by atoms with E-state index < -0.39 is 6.10 Å². The second kappa shape index (κ2) is 8.80. The Labute approximate surface area is 190 Å². The average molecular weight is 450 g/mol. The molecule has 2 aliphatic rings. The van der Waals surface area contributed by atoms with E-state index in [9.17, 15) is 14.7 Å². The summed E-state index contributed by atoms with van der Waals surface area (Å²) in [4.78, 5) is 34.3. The average Bonchev–Trinajstić information content (AvgIpc) is 3.39. The van der Waals surface area contributed by atoms with Gasteiger partial charge in [0.2, 0.25) is 0 Å². The van der Waals surface area contributed by atoms with Crippen LogP contribution in [0.15, 0.2) is 36.8 Å². The molecule has 1 atom stereocenters. The first-order valence-corrected chi connectivity index (χ1v) is 11.1. The number of nitrogens with one attached hydrogen (secondary N) is 1. The molecular formula is C23H26N6O4. The molecule has 2 amide bonds. The summed E-state index contributed by atoms with van der Waals surface area (Å²) in [6, 6.07) is 5.51. The molecule has 1 saturated heterocycles. The predicted octanol–water partition coefficient (Wildman–Crippen LogP) is 1.54. The smallest absolute Gasteiger partial charge is 0.261 e. The number of aliphatic hydroxyl groups is 1. The van der Waals surface area contributed by atoms with Gasteiger partial charge in [-0.05, 0) is 37.1 Å². The van der Waals surface area contributed by atoms with E-state index in [1.165, 1.54) is 6.20 Å². The number of hydrogen-bond donors (Lipinski definition) is 2. The molecule has 2 aliphatic heterocycles.